The molecule has 1 aliphatic heterocycles. The average molecular weight is 422 g/mol. The zero-order valence-electron chi connectivity index (χ0n) is 18.9. The van der Waals surface area contributed by atoms with Gasteiger partial charge in [0.2, 0.25) is 0 Å². The summed E-state index contributed by atoms with van der Waals surface area (Å²) in [5.41, 5.74) is -0.719. The molecule has 6 aliphatic rings. The molecule has 6 heteroatoms. The number of piperidine rings is 1. The van der Waals surface area contributed by atoms with Crippen LogP contribution in [0.4, 0.5) is 0 Å². The third kappa shape index (κ3) is 2.00. The van der Waals surface area contributed by atoms with Crippen molar-refractivity contribution < 1.29 is 24.4 Å². The maximum Gasteiger partial charge on any atom is 0.0771 e. The summed E-state index contributed by atoms with van der Waals surface area (Å²) in [6.45, 7) is 5.11. The molecule has 0 radical (unpaired) electrons. The molecule has 6 nitrogen and oxygen atoms in total. The van der Waals surface area contributed by atoms with Crippen molar-refractivity contribution in [1.29, 1.82) is 0 Å². The first-order valence-electron chi connectivity index (χ1n) is 12.1. The van der Waals surface area contributed by atoms with Gasteiger partial charge >= 0.3 is 0 Å². The van der Waals surface area contributed by atoms with Crippen LogP contribution in [0.2, 0.25) is 0 Å². The molecular weight excluding hydrogens is 382 g/mol. The van der Waals surface area contributed by atoms with Gasteiger partial charge in [0.15, 0.2) is 0 Å². The molecule has 2 N–H and O–H groups in total. The second-order valence-electron chi connectivity index (χ2n) is 11.5. The molecule has 5 saturated carbocycles. The second-order valence-corrected chi connectivity index (χ2v) is 11.5. The summed E-state index contributed by atoms with van der Waals surface area (Å²) in [6, 6.07) is 0.329. The Bertz CT molecular complexity index is 720. The van der Waals surface area contributed by atoms with E-state index in [4.69, 9.17) is 14.2 Å². The molecule has 0 aromatic heterocycles. The summed E-state index contributed by atoms with van der Waals surface area (Å²) >= 11 is 0. The summed E-state index contributed by atoms with van der Waals surface area (Å²) in [6.07, 6.45) is 4.52. The fourth-order valence-corrected chi connectivity index (χ4v) is 10.7. The van der Waals surface area contributed by atoms with Crippen LogP contribution < -0.4 is 0 Å². The number of rotatable bonds is 5. The molecule has 170 valence electrons. The normalized spacial score (nSPS) is 60.8. The van der Waals surface area contributed by atoms with Gasteiger partial charge in [0, 0.05) is 68.9 Å². The van der Waals surface area contributed by atoms with E-state index in [1.165, 1.54) is 0 Å². The van der Waals surface area contributed by atoms with Crippen LogP contribution in [0.3, 0.4) is 0 Å². The Balaban J connectivity index is 1.58. The third-order valence-corrected chi connectivity index (χ3v) is 11.2. The van der Waals surface area contributed by atoms with Gasteiger partial charge in [-0.15, -0.1) is 0 Å². The summed E-state index contributed by atoms with van der Waals surface area (Å²) in [5, 5.41) is 23.8. The lowest BCUT2D eigenvalue weighted by Crippen LogP contribution is -2.76. The zero-order chi connectivity index (χ0) is 21.1. The molecule has 0 amide bonds. The molecule has 1 spiro atoms. The number of methoxy groups -OCH3 is 3. The van der Waals surface area contributed by atoms with E-state index in [2.05, 4.69) is 11.8 Å². The lowest BCUT2D eigenvalue weighted by Gasteiger charge is -2.69. The van der Waals surface area contributed by atoms with Crippen molar-refractivity contribution >= 4 is 0 Å². The van der Waals surface area contributed by atoms with Crippen LogP contribution in [0.25, 0.3) is 0 Å². The quantitative estimate of drug-likeness (QED) is 0.702. The Morgan fingerprint density at radius 1 is 1.10 bits per heavy atom. The van der Waals surface area contributed by atoms with Crippen LogP contribution in [0.15, 0.2) is 0 Å². The summed E-state index contributed by atoms with van der Waals surface area (Å²) in [4.78, 5) is 2.67. The van der Waals surface area contributed by atoms with Crippen molar-refractivity contribution in [3.05, 3.63) is 0 Å². The summed E-state index contributed by atoms with van der Waals surface area (Å²) in [7, 11) is 5.48. The van der Waals surface area contributed by atoms with Crippen LogP contribution in [-0.2, 0) is 14.2 Å². The largest absolute Gasteiger partial charge is 0.392 e. The monoisotopic (exact) mass is 421 g/mol. The average Bonchev–Trinajstić information content (AvgIpc) is 3.15. The Morgan fingerprint density at radius 3 is 2.57 bits per heavy atom. The van der Waals surface area contributed by atoms with E-state index in [-0.39, 0.29) is 46.7 Å². The van der Waals surface area contributed by atoms with E-state index < -0.39 is 11.7 Å². The number of fused-ring (bicyclic) bond motifs is 2. The van der Waals surface area contributed by atoms with Crippen LogP contribution >= 0.6 is 0 Å². The maximum absolute atomic E-state index is 12.4. The Kier molecular flexibility index (Phi) is 4.36. The van der Waals surface area contributed by atoms with Gasteiger partial charge in [-0.2, -0.15) is 0 Å². The van der Waals surface area contributed by atoms with Crippen molar-refractivity contribution in [2.24, 2.45) is 40.4 Å². The van der Waals surface area contributed by atoms with Crippen LogP contribution in [0.5, 0.6) is 0 Å². The molecule has 12 atom stereocenters. The second kappa shape index (κ2) is 6.42. The van der Waals surface area contributed by atoms with E-state index >= 15 is 0 Å². The van der Waals surface area contributed by atoms with E-state index in [0.717, 1.165) is 45.4 Å². The molecule has 6 rings (SSSR count). The number of likely N-dealkylation sites (tertiary alicyclic amines) is 1. The molecule has 1 heterocycles. The van der Waals surface area contributed by atoms with Crippen LogP contribution in [-0.4, -0.2) is 86.1 Å². The van der Waals surface area contributed by atoms with Gasteiger partial charge in [-0.05, 0) is 44.1 Å². The number of ether oxygens (including phenoxy) is 3. The minimum Gasteiger partial charge on any atom is -0.392 e. The van der Waals surface area contributed by atoms with Gasteiger partial charge in [0.25, 0.3) is 0 Å². The number of nitrogens with zero attached hydrogens (tertiary/aromatic N) is 1. The fraction of sp³-hybridized carbons (Fsp3) is 1.00. The highest BCUT2D eigenvalue weighted by Gasteiger charge is 2.83. The summed E-state index contributed by atoms with van der Waals surface area (Å²) < 4.78 is 18.0. The molecular formula is C24H39NO5. The van der Waals surface area contributed by atoms with Gasteiger partial charge in [0.1, 0.15) is 0 Å². The number of aliphatic hydroxyl groups excluding tert-OH is 1. The first-order valence-corrected chi connectivity index (χ1v) is 12.1. The van der Waals surface area contributed by atoms with Crippen LogP contribution in [0, 0.1) is 40.4 Å². The lowest BCUT2D eigenvalue weighted by atomic mass is 9.43. The smallest absolute Gasteiger partial charge is 0.0771 e. The number of hydrogen-bond acceptors (Lipinski definition) is 6. The lowest BCUT2D eigenvalue weighted by molar-refractivity contribution is -0.276. The van der Waals surface area contributed by atoms with Gasteiger partial charge in [-0.1, -0.05) is 6.92 Å². The summed E-state index contributed by atoms with van der Waals surface area (Å²) in [5.74, 6) is 1.03. The highest BCUT2D eigenvalue weighted by atomic mass is 16.5. The van der Waals surface area contributed by atoms with Crippen molar-refractivity contribution in [1.82, 2.24) is 4.90 Å². The van der Waals surface area contributed by atoms with Gasteiger partial charge in [-0.3, -0.25) is 4.90 Å². The Labute approximate surface area is 180 Å². The fourth-order valence-electron chi connectivity index (χ4n) is 10.7. The molecule has 0 aromatic carbocycles. The van der Waals surface area contributed by atoms with Crippen LogP contribution in [0.1, 0.15) is 39.0 Å². The first kappa shape index (κ1) is 20.4. The Morgan fingerprint density at radius 2 is 1.90 bits per heavy atom. The molecule has 0 unspecified atom stereocenters. The molecule has 30 heavy (non-hydrogen) atoms. The predicted octanol–water partition coefficient (Wildman–Crippen LogP) is 1.53. The molecule has 1 saturated heterocycles. The first-order chi connectivity index (χ1) is 14.4. The zero-order valence-corrected chi connectivity index (χ0v) is 18.9. The standard InChI is InChI=1S/C24H39NO5/c1-5-25-11-22(12-28-2)7-6-18(30-4)24-14-8-13-16(29-3)10-23(27,19(14)20(13)26)15(21(24)25)9-17(22)24/h13-21,26-27H,5-12H2,1-4H3/t13-,14-,15-,16-,17-,18-,19+,20-,21+,22-,23-,24+/m0/s1. The minimum absolute atomic E-state index is 0.000283. The van der Waals surface area contributed by atoms with Crippen molar-refractivity contribution in [2.45, 2.75) is 69.0 Å². The minimum atomic E-state index is -0.847. The van der Waals surface area contributed by atoms with E-state index in [0.29, 0.717) is 18.4 Å². The topological polar surface area (TPSA) is 71.4 Å². The molecule has 0 aromatic rings. The van der Waals surface area contributed by atoms with Crippen molar-refractivity contribution in [2.75, 3.05) is 41.0 Å². The van der Waals surface area contributed by atoms with Gasteiger partial charge in [-0.25, -0.2) is 0 Å². The SMILES string of the molecule is CCN1C[C@]2(COC)CC[C@H](OC)[C@@]34[C@H]5C[C@@H]6[C@H](O)[C@@H]5[C@](O)(C[C@@H]6OC)[C@@H](C[C@@H]23)[C@@H]14. The predicted molar refractivity (Wildman–Crippen MR) is 111 cm³/mol. The highest BCUT2D eigenvalue weighted by molar-refractivity contribution is 5.33. The van der Waals surface area contributed by atoms with E-state index in [1.54, 1.807) is 7.11 Å². The molecule has 7 bridgehead atoms. The van der Waals surface area contributed by atoms with Gasteiger partial charge < -0.3 is 24.4 Å². The van der Waals surface area contributed by atoms with Crippen molar-refractivity contribution in [3.63, 3.8) is 0 Å². The number of aliphatic hydroxyl groups is 2. The van der Waals surface area contributed by atoms with Crippen molar-refractivity contribution in [3.8, 4) is 0 Å². The van der Waals surface area contributed by atoms with E-state index in [1.807, 2.05) is 14.2 Å². The Hall–Kier alpha value is -0.240. The van der Waals surface area contributed by atoms with Gasteiger partial charge in [0.05, 0.1) is 30.5 Å². The number of hydrogen-bond donors (Lipinski definition) is 2. The highest BCUT2D eigenvalue weighted by Crippen LogP contribution is 2.79. The van der Waals surface area contributed by atoms with E-state index in [9.17, 15) is 10.2 Å². The third-order valence-electron chi connectivity index (χ3n) is 11.2. The molecule has 5 aliphatic carbocycles. The maximum atomic E-state index is 12.4. The molecule has 6 fully saturated rings.